The maximum atomic E-state index is 11.9. The maximum Gasteiger partial charge on any atom is 0.305 e. The number of hydrogen-bond acceptors (Lipinski definition) is 5. The molecule has 132 valence electrons. The van der Waals surface area contributed by atoms with Gasteiger partial charge in [0.1, 0.15) is 0 Å². The molecule has 1 heterocycles. The molecule has 0 aromatic heterocycles. The van der Waals surface area contributed by atoms with Crippen molar-refractivity contribution in [1.29, 1.82) is 0 Å². The Kier molecular flexibility index (Phi) is 8.57. The highest BCUT2D eigenvalue weighted by Crippen LogP contribution is 2.16. The van der Waals surface area contributed by atoms with Crippen LogP contribution in [-0.2, 0) is 14.4 Å². The third-order valence-corrected chi connectivity index (χ3v) is 3.76. The summed E-state index contributed by atoms with van der Waals surface area (Å²) in [4.78, 5) is 38.0. The van der Waals surface area contributed by atoms with Crippen LogP contribution in [0.3, 0.4) is 0 Å². The first-order valence-corrected chi connectivity index (χ1v) is 8.02. The standard InChI is InChI=1S/C15H28N4O4/c1-18(2)10-12-4-3-9-19(12)11-14(21)17-7-5-13(20)16-8-6-15(22)23/h12H,3-11H2,1-2H3,(H,16,20)(H,17,21)(H,22,23)/i1+1,2+1,3+1,4+1,9+1,10+1,12+1,17+1,19+1. The van der Waals surface area contributed by atoms with Crippen LogP contribution in [-0.4, -0.2) is 85.6 Å². The number of carbonyl (C=O) groups is 3. The average Bonchev–Trinajstić information content (AvgIpc) is 2.84. The van der Waals surface area contributed by atoms with E-state index in [-0.39, 0.29) is 37.7 Å². The molecule has 3 N–H and O–H groups in total. The van der Waals surface area contributed by atoms with E-state index < -0.39 is 5.97 Å². The molecule has 0 saturated carbocycles. The van der Waals surface area contributed by atoms with Crippen molar-refractivity contribution in [2.24, 2.45) is 0 Å². The van der Waals surface area contributed by atoms with Gasteiger partial charge in [-0.25, -0.2) is 0 Å². The second kappa shape index (κ2) is 10.2. The number of amides is 2. The first-order chi connectivity index (χ1) is 10.9. The Balaban J connectivity index is 2.16. The van der Waals surface area contributed by atoms with Gasteiger partial charge in [0, 0.05) is 32.1 Å². The largest absolute Gasteiger partial charge is 0.481 e. The monoisotopic (exact) mass is 337 g/mol. The Morgan fingerprint density at radius 2 is 1.78 bits per heavy atom. The number of likely N-dealkylation sites (N-methyl/N-ethyl adjacent to an activating group) is 1. The molecule has 1 unspecified atom stereocenters. The molecule has 0 aromatic rings. The van der Waals surface area contributed by atoms with Gasteiger partial charge < -0.3 is 20.6 Å². The lowest BCUT2D eigenvalue weighted by molar-refractivity contribution is -0.137. The van der Waals surface area contributed by atoms with Crippen molar-refractivity contribution < 1.29 is 19.5 Å². The molecule has 0 bridgehead atoms. The summed E-state index contributed by atoms with van der Waals surface area (Å²) in [6.07, 6.45) is 2.28. The van der Waals surface area contributed by atoms with Gasteiger partial charge in [-0.1, -0.05) is 0 Å². The molecule has 0 radical (unpaired) electrons. The van der Waals surface area contributed by atoms with Crippen molar-refractivity contribution in [3.8, 4) is 0 Å². The smallest absolute Gasteiger partial charge is 0.305 e. The average molecular weight is 337 g/mol. The van der Waals surface area contributed by atoms with Gasteiger partial charge in [-0.15, -0.1) is 0 Å². The number of rotatable bonds is 10. The molecule has 2 amide bonds. The number of nitrogens with one attached hydrogen (secondary N) is 2. The van der Waals surface area contributed by atoms with Crippen LogP contribution in [0.25, 0.3) is 0 Å². The highest BCUT2D eigenvalue weighted by molar-refractivity contribution is 5.80. The lowest BCUT2D eigenvalue weighted by Crippen LogP contribution is -2.44. The van der Waals surface area contributed by atoms with Crippen molar-refractivity contribution in [2.75, 3.05) is 46.8 Å². The van der Waals surface area contributed by atoms with E-state index in [2.05, 4.69) is 20.4 Å². The van der Waals surface area contributed by atoms with Gasteiger partial charge in [0.25, 0.3) is 0 Å². The Labute approximate surface area is 137 Å². The summed E-state index contributed by atoms with van der Waals surface area (Å²) in [5.74, 6) is -1.27. The zero-order valence-electron chi connectivity index (χ0n) is 14.0. The highest BCUT2D eigenvalue weighted by atomic mass is 16.4. The van der Waals surface area contributed by atoms with Crippen LogP contribution in [0.15, 0.2) is 0 Å². The minimum Gasteiger partial charge on any atom is -0.481 e. The summed E-state index contributed by atoms with van der Waals surface area (Å²) in [7, 11) is 4.05. The Hall–Kier alpha value is -1.67. The summed E-state index contributed by atoms with van der Waals surface area (Å²) in [5, 5.41) is 13.7. The van der Waals surface area contributed by atoms with Crippen LogP contribution in [0.1, 0.15) is 25.7 Å². The van der Waals surface area contributed by atoms with Gasteiger partial charge in [-0.05, 0) is 33.5 Å². The molecule has 1 atom stereocenters. The van der Waals surface area contributed by atoms with Crippen molar-refractivity contribution in [1.82, 2.24) is 20.4 Å². The van der Waals surface area contributed by atoms with E-state index in [0.29, 0.717) is 12.6 Å². The molecule has 1 rings (SSSR count). The zero-order chi connectivity index (χ0) is 17.2. The fourth-order valence-electron chi connectivity index (χ4n) is 2.68. The molecular weight excluding hydrogens is 309 g/mol. The molecule has 0 aliphatic carbocycles. The van der Waals surface area contributed by atoms with E-state index >= 15 is 0 Å². The van der Waals surface area contributed by atoms with E-state index in [9.17, 15) is 14.4 Å². The Morgan fingerprint density at radius 3 is 2.43 bits per heavy atom. The predicted molar refractivity (Wildman–Crippen MR) is 86.0 cm³/mol. The van der Waals surface area contributed by atoms with Crippen molar-refractivity contribution >= 4 is 17.8 Å². The summed E-state index contributed by atoms with van der Waals surface area (Å²) in [6.45, 7) is 2.62. The van der Waals surface area contributed by atoms with Gasteiger partial charge in [0.2, 0.25) is 11.8 Å². The normalized spacial score (nSPS) is 18.1. The van der Waals surface area contributed by atoms with Gasteiger partial charge in [0.05, 0.1) is 13.0 Å². The second-order valence-electron chi connectivity index (χ2n) is 6.12. The van der Waals surface area contributed by atoms with Crippen LogP contribution in [0.5, 0.6) is 0 Å². The summed E-state index contributed by atoms with van der Waals surface area (Å²) >= 11 is 0. The Bertz CT molecular complexity index is 414. The molecule has 1 aliphatic rings. The summed E-state index contributed by atoms with van der Waals surface area (Å²) < 4.78 is 0. The number of carbonyl (C=O) groups excluding carboxylic acids is 2. The zero-order valence-corrected chi connectivity index (χ0v) is 14.0. The fraction of sp³-hybridized carbons (Fsp3) is 0.800. The van der Waals surface area contributed by atoms with E-state index in [1.807, 2.05) is 14.1 Å². The van der Waals surface area contributed by atoms with Crippen LogP contribution < -0.4 is 10.6 Å². The summed E-state index contributed by atoms with van der Waals surface area (Å²) in [6, 6.07) is 0.412. The van der Waals surface area contributed by atoms with Crippen molar-refractivity contribution in [2.45, 2.75) is 31.7 Å². The van der Waals surface area contributed by atoms with Gasteiger partial charge >= 0.3 is 5.97 Å². The molecular formula is C15H28N4O4. The molecule has 1 aliphatic heterocycles. The molecule has 1 fully saturated rings. The molecule has 23 heavy (non-hydrogen) atoms. The quantitative estimate of drug-likeness (QED) is 0.353. The van der Waals surface area contributed by atoms with E-state index in [1.54, 1.807) is 0 Å². The first-order valence-electron chi connectivity index (χ1n) is 8.02. The molecule has 1 saturated heterocycles. The number of carboxylic acids is 1. The topological polar surface area (TPSA) is 102 Å². The Morgan fingerprint density at radius 1 is 1.13 bits per heavy atom. The van der Waals surface area contributed by atoms with E-state index in [0.717, 1.165) is 25.9 Å². The molecule has 0 aromatic carbocycles. The van der Waals surface area contributed by atoms with Crippen LogP contribution in [0.4, 0.5) is 0 Å². The highest BCUT2D eigenvalue weighted by Gasteiger charge is 2.26. The molecule has 0 spiro atoms. The third-order valence-electron chi connectivity index (χ3n) is 3.76. The van der Waals surface area contributed by atoms with E-state index in [4.69, 9.17) is 5.11 Å². The van der Waals surface area contributed by atoms with Crippen molar-refractivity contribution in [3.63, 3.8) is 0 Å². The number of aliphatic carboxylic acids is 1. The predicted octanol–water partition coefficient (Wildman–Crippen LogP) is -0.890. The first kappa shape index (κ1) is 19.4. The number of carboxylic acid groups (broad SMARTS) is 1. The lowest BCUT2D eigenvalue weighted by atomic mass is 10.4. The second-order valence-corrected chi connectivity index (χ2v) is 6.12. The lowest BCUT2D eigenvalue weighted by Gasteiger charge is -2.26. The molecule has 8 nitrogen and oxygen atoms in total. The number of hydrogen-bond donors (Lipinski definition) is 3. The van der Waals surface area contributed by atoms with Crippen LogP contribution in [0, 0.1) is 0 Å². The van der Waals surface area contributed by atoms with Gasteiger partial charge in [-0.2, -0.15) is 0 Å². The fourth-order valence-corrected chi connectivity index (χ4v) is 2.68. The van der Waals surface area contributed by atoms with Gasteiger partial charge in [-0.3, -0.25) is 19.3 Å². The minimum atomic E-state index is -0.948. The minimum absolute atomic E-state index is 0.0750. The third kappa shape index (κ3) is 8.51. The van der Waals surface area contributed by atoms with Crippen LogP contribution >= 0.6 is 0 Å². The maximum absolute atomic E-state index is 11.9. The SMILES string of the molecule is [13CH3]N([13CH3])[13CH2][13CH]1[13CH2][13CH2][13CH2][15N]1CC(=O)[15NH]CCC(=O)NCCC(=O)O. The van der Waals surface area contributed by atoms with Crippen molar-refractivity contribution in [3.05, 3.63) is 0 Å². The molecule has 8 heteroatoms. The summed E-state index contributed by atoms with van der Waals surface area (Å²) in [5.41, 5.74) is 0. The van der Waals surface area contributed by atoms with Gasteiger partial charge in [0.15, 0.2) is 0 Å². The van der Waals surface area contributed by atoms with E-state index in [1.165, 1.54) is 0 Å². The number of likely N-dealkylation sites (tertiary alicyclic amines) is 1. The number of nitrogens with zero attached hydrogens (tertiary/aromatic N) is 2. The van der Waals surface area contributed by atoms with Crippen LogP contribution in [0.2, 0.25) is 0 Å².